The number of alkyl halides is 3. The van der Waals surface area contributed by atoms with Crippen LogP contribution in [-0.2, 0) is 30.8 Å². The van der Waals surface area contributed by atoms with E-state index in [1.165, 1.54) is 13.2 Å². The van der Waals surface area contributed by atoms with Gasteiger partial charge in [0.05, 0.1) is 46.6 Å². The molecule has 0 bridgehead atoms. The summed E-state index contributed by atoms with van der Waals surface area (Å²) < 4.78 is 46.5. The van der Waals surface area contributed by atoms with E-state index in [0.29, 0.717) is 42.9 Å². The van der Waals surface area contributed by atoms with Crippen LogP contribution in [0.3, 0.4) is 0 Å². The monoisotopic (exact) mass is 902 g/mol. The Hall–Kier alpha value is -4.63. The zero-order valence-corrected chi connectivity index (χ0v) is 33.6. The lowest BCUT2D eigenvalue weighted by atomic mass is 9.49. The molecule has 10 nitrogen and oxygen atoms in total. The van der Waals surface area contributed by atoms with Crippen LogP contribution < -0.4 is 15.1 Å². The second-order valence-corrected chi connectivity index (χ2v) is 16.6. The number of amides is 4. The number of aromatic nitrogens is 1. The molecule has 3 aromatic carbocycles. The number of pyridine rings is 1. The summed E-state index contributed by atoms with van der Waals surface area (Å²) >= 11 is 22.5. The Balaban J connectivity index is 1.34. The van der Waals surface area contributed by atoms with Gasteiger partial charge in [0.2, 0.25) is 11.8 Å². The van der Waals surface area contributed by atoms with Crippen molar-refractivity contribution in [3.63, 3.8) is 0 Å². The Morgan fingerprint density at radius 1 is 0.947 bits per heavy atom. The number of benzene rings is 3. The number of nitrogens with zero attached hydrogens (tertiary/aromatic N) is 3. The minimum Gasteiger partial charge on any atom is -0.504 e. The van der Waals surface area contributed by atoms with Crippen molar-refractivity contribution in [1.29, 1.82) is 0 Å². The molecule has 1 saturated carbocycles. The van der Waals surface area contributed by atoms with Gasteiger partial charge in [-0.25, -0.2) is 9.88 Å². The number of hydrogen-bond donors (Lipinski definition) is 2. The molecule has 3 heterocycles. The number of anilines is 2. The van der Waals surface area contributed by atoms with Crippen LogP contribution >= 0.6 is 50.7 Å². The summed E-state index contributed by atoms with van der Waals surface area (Å²) in [6.45, 7) is 1.79. The van der Waals surface area contributed by atoms with Crippen LogP contribution in [0.15, 0.2) is 83.0 Å². The highest BCUT2D eigenvalue weighted by Gasteiger charge is 2.71. The molecule has 2 aliphatic carbocycles. The second-order valence-electron chi connectivity index (χ2n) is 14.4. The van der Waals surface area contributed by atoms with E-state index >= 15 is 4.79 Å². The van der Waals surface area contributed by atoms with Crippen LogP contribution in [0.4, 0.5) is 24.7 Å². The fraction of sp³-hybridized carbons (Fsp3) is 0.275. The SMILES string of the molecule is COc1cc(Br)cc(C2C3=CCC4C(=O)N(c5ccc(C)c(Cl)c5)C(=O)C4C3CC3C(=O)N(Nc4ncc(C(F)(F)F)cc4Cl)C(=O)C32c2ccc(Cl)cc2)c1O. The predicted octanol–water partition coefficient (Wildman–Crippen LogP) is 9.04. The lowest BCUT2D eigenvalue weighted by Crippen LogP contribution is -2.53. The maximum atomic E-state index is 15.4. The molecule has 294 valence electrons. The number of halogens is 7. The summed E-state index contributed by atoms with van der Waals surface area (Å²) in [5, 5.41) is 12.7. The summed E-state index contributed by atoms with van der Waals surface area (Å²) in [5.74, 6) is -8.38. The molecule has 6 unspecified atom stereocenters. The lowest BCUT2D eigenvalue weighted by Gasteiger charge is -2.50. The highest BCUT2D eigenvalue weighted by Crippen LogP contribution is 2.65. The van der Waals surface area contributed by atoms with E-state index in [2.05, 4.69) is 26.3 Å². The number of allylic oxidation sites excluding steroid dienone is 2. The number of aromatic hydroxyl groups is 1. The highest BCUT2D eigenvalue weighted by atomic mass is 79.9. The number of carbonyl (C=O) groups is 4. The van der Waals surface area contributed by atoms with Crippen LogP contribution in [0.1, 0.15) is 41.0 Å². The summed E-state index contributed by atoms with van der Waals surface area (Å²) in [7, 11) is 1.35. The van der Waals surface area contributed by atoms with E-state index in [-0.39, 0.29) is 35.6 Å². The Labute approximate surface area is 346 Å². The van der Waals surface area contributed by atoms with Crippen molar-refractivity contribution >= 4 is 85.9 Å². The molecule has 8 rings (SSSR count). The van der Waals surface area contributed by atoms with Gasteiger partial charge in [0, 0.05) is 32.2 Å². The minimum absolute atomic E-state index is 0.0422. The van der Waals surface area contributed by atoms with Crippen molar-refractivity contribution in [2.45, 2.75) is 37.3 Å². The van der Waals surface area contributed by atoms with Gasteiger partial charge in [-0.05, 0) is 79.3 Å². The predicted molar refractivity (Wildman–Crippen MR) is 208 cm³/mol. The number of rotatable bonds is 6. The fourth-order valence-corrected chi connectivity index (χ4v) is 10.0. The fourth-order valence-electron chi connectivity index (χ4n) is 9.07. The van der Waals surface area contributed by atoms with Gasteiger partial charge < -0.3 is 9.84 Å². The van der Waals surface area contributed by atoms with Crippen LogP contribution in [0.2, 0.25) is 15.1 Å². The van der Waals surface area contributed by atoms with Crippen molar-refractivity contribution in [3.05, 3.63) is 120 Å². The molecule has 17 heteroatoms. The van der Waals surface area contributed by atoms with E-state index < -0.39 is 81.2 Å². The molecule has 0 spiro atoms. The van der Waals surface area contributed by atoms with Gasteiger partial charge in [-0.15, -0.1) is 0 Å². The van der Waals surface area contributed by atoms with E-state index in [4.69, 9.17) is 39.5 Å². The molecule has 6 atom stereocenters. The first-order valence-corrected chi connectivity index (χ1v) is 19.5. The van der Waals surface area contributed by atoms with Gasteiger partial charge in [0.25, 0.3) is 11.8 Å². The number of fused-ring (bicyclic) bond motifs is 4. The smallest absolute Gasteiger partial charge is 0.417 e. The molecule has 3 fully saturated rings. The average Bonchev–Trinajstić information content (AvgIpc) is 3.54. The molecular formula is C40H29BrCl3F3N4O6. The van der Waals surface area contributed by atoms with Crippen LogP contribution in [0.5, 0.6) is 11.5 Å². The van der Waals surface area contributed by atoms with Gasteiger partial charge in [0.1, 0.15) is 0 Å². The van der Waals surface area contributed by atoms with Gasteiger partial charge in [0.15, 0.2) is 17.3 Å². The molecule has 4 aromatic rings. The minimum atomic E-state index is -4.77. The third-order valence-electron chi connectivity index (χ3n) is 11.6. The largest absolute Gasteiger partial charge is 0.504 e. The maximum Gasteiger partial charge on any atom is 0.417 e. The number of methoxy groups -OCH3 is 1. The number of ether oxygens (including phenoxy) is 1. The van der Waals surface area contributed by atoms with E-state index in [1.54, 1.807) is 61.5 Å². The number of imide groups is 2. The third-order valence-corrected chi connectivity index (χ3v) is 13.0. The number of nitrogens with one attached hydrogen (secondary N) is 1. The van der Waals surface area contributed by atoms with Crippen LogP contribution in [0, 0.1) is 30.6 Å². The van der Waals surface area contributed by atoms with Gasteiger partial charge in [-0.3, -0.25) is 24.6 Å². The summed E-state index contributed by atoms with van der Waals surface area (Å²) in [6.07, 6.45) is -2.47. The van der Waals surface area contributed by atoms with Crippen LogP contribution in [-0.4, -0.2) is 45.8 Å². The van der Waals surface area contributed by atoms with Crippen molar-refractivity contribution in [3.8, 4) is 11.5 Å². The van der Waals surface area contributed by atoms with Gasteiger partial charge in [-0.1, -0.05) is 80.6 Å². The van der Waals surface area contributed by atoms with E-state index in [9.17, 15) is 32.7 Å². The van der Waals surface area contributed by atoms with E-state index in [1.807, 2.05) is 0 Å². The topological polar surface area (TPSA) is 129 Å². The zero-order valence-electron chi connectivity index (χ0n) is 29.7. The van der Waals surface area contributed by atoms with Crippen molar-refractivity contribution in [2.24, 2.45) is 23.7 Å². The summed E-state index contributed by atoms with van der Waals surface area (Å²) in [6, 6.07) is 14.9. The number of hydrogen-bond acceptors (Lipinski definition) is 8. The molecule has 2 saturated heterocycles. The maximum absolute atomic E-state index is 15.4. The quantitative estimate of drug-likeness (QED) is 0.145. The third kappa shape index (κ3) is 6.01. The van der Waals surface area contributed by atoms with E-state index in [0.717, 1.165) is 10.5 Å². The summed E-state index contributed by atoms with van der Waals surface area (Å²) in [5.41, 5.74) is 1.62. The molecular weight excluding hydrogens is 876 g/mol. The first-order chi connectivity index (χ1) is 27.0. The zero-order chi connectivity index (χ0) is 40.9. The highest BCUT2D eigenvalue weighted by molar-refractivity contribution is 9.10. The molecule has 2 aliphatic heterocycles. The second kappa shape index (κ2) is 14.0. The molecule has 57 heavy (non-hydrogen) atoms. The molecule has 4 amide bonds. The van der Waals surface area contributed by atoms with Crippen molar-refractivity contribution < 1.29 is 42.2 Å². The summed E-state index contributed by atoms with van der Waals surface area (Å²) in [4.78, 5) is 64.0. The number of hydrazine groups is 1. The van der Waals surface area contributed by atoms with Gasteiger partial charge in [-0.2, -0.15) is 18.2 Å². The average molecular weight is 905 g/mol. The normalized spacial score (nSPS) is 25.6. The standard InChI is InChI=1S/C40H29BrCl3F3N4O6/c1-17-3-8-22(14-28(17)43)50-35(53)24-10-9-23-25(31(24)37(50)55)15-27-36(54)51(49-34-29(44)11-19(16-48-34)40(45,46)47)38(56)39(27,18-4-6-21(42)7-5-18)32(23)26-12-20(41)13-30(57-2)33(26)52/h3-9,11-14,16,24-25,27,31-32,52H,10,15H2,1-2H3,(H,48,49). The number of phenolic OH excluding ortho intramolecular Hbond substituents is 1. The van der Waals surface area contributed by atoms with Crippen molar-refractivity contribution in [2.75, 3.05) is 17.4 Å². The first-order valence-electron chi connectivity index (χ1n) is 17.5. The molecule has 4 aliphatic rings. The molecule has 2 N–H and O–H groups in total. The Morgan fingerprint density at radius 2 is 1.67 bits per heavy atom. The number of aryl methyl sites for hydroxylation is 1. The Morgan fingerprint density at radius 3 is 2.32 bits per heavy atom. The molecule has 0 radical (unpaired) electrons. The first kappa shape index (κ1) is 39.2. The van der Waals surface area contributed by atoms with Gasteiger partial charge >= 0.3 is 6.18 Å². The Bertz CT molecular complexity index is 2450. The molecule has 1 aromatic heterocycles. The lowest BCUT2D eigenvalue weighted by molar-refractivity contribution is -0.139. The Kier molecular flexibility index (Phi) is 9.65. The van der Waals surface area contributed by atoms with Crippen molar-refractivity contribution in [1.82, 2.24) is 9.99 Å². The number of phenols is 1. The van der Waals surface area contributed by atoms with Crippen LogP contribution in [0.25, 0.3) is 0 Å². The number of carbonyl (C=O) groups excluding carboxylic acids is 4.